The van der Waals surface area contributed by atoms with E-state index < -0.39 is 0 Å². The molecule has 0 radical (unpaired) electrons. The molecule has 2 aromatic heterocycles. The van der Waals surface area contributed by atoms with Crippen molar-refractivity contribution in [2.24, 2.45) is 0 Å². The zero-order chi connectivity index (χ0) is 29.7. The zero-order valence-corrected chi connectivity index (χ0v) is 24.3. The van der Waals surface area contributed by atoms with Gasteiger partial charge >= 0.3 is 0 Å². The van der Waals surface area contributed by atoms with Crippen LogP contribution in [-0.2, 0) is 0 Å². The highest BCUT2D eigenvalue weighted by molar-refractivity contribution is 6.19. The molecule has 0 aliphatic carbocycles. The summed E-state index contributed by atoms with van der Waals surface area (Å²) in [5.74, 6) is 0.669. The lowest BCUT2D eigenvalue weighted by atomic mass is 9.97. The fraction of sp³-hybridized carbons (Fsp3) is 0. The number of nitrogens with zero attached hydrogens (tertiary/aromatic N) is 2. The summed E-state index contributed by atoms with van der Waals surface area (Å²) in [5, 5.41) is 5.57. The summed E-state index contributed by atoms with van der Waals surface area (Å²) in [6.07, 6.45) is 0. The molecular weight excluding hydrogens is 548 g/mol. The Balaban J connectivity index is 1.29. The first-order valence-electron chi connectivity index (χ1n) is 15.2. The Hall–Kier alpha value is -6.06. The van der Waals surface area contributed by atoms with Gasteiger partial charge in [0.25, 0.3) is 0 Å². The monoisotopic (exact) mass is 574 g/mol. The maximum absolute atomic E-state index is 6.61. The van der Waals surface area contributed by atoms with E-state index in [1.165, 1.54) is 11.1 Å². The van der Waals surface area contributed by atoms with E-state index >= 15 is 0 Å². The lowest BCUT2D eigenvalue weighted by Crippen LogP contribution is -1.95. The molecule has 3 heteroatoms. The second-order valence-electron chi connectivity index (χ2n) is 11.4. The minimum absolute atomic E-state index is 0.669. The number of aromatic nitrogens is 2. The first kappa shape index (κ1) is 25.4. The molecule has 3 nitrogen and oxygen atoms in total. The van der Waals surface area contributed by atoms with Gasteiger partial charge in [0.1, 0.15) is 16.8 Å². The van der Waals surface area contributed by atoms with Crippen LogP contribution in [0.5, 0.6) is 0 Å². The molecule has 45 heavy (non-hydrogen) atoms. The van der Waals surface area contributed by atoms with Crippen molar-refractivity contribution in [2.75, 3.05) is 0 Å². The highest BCUT2D eigenvalue weighted by Crippen LogP contribution is 2.40. The molecule has 0 atom stereocenters. The van der Waals surface area contributed by atoms with E-state index in [0.29, 0.717) is 11.4 Å². The molecule has 0 amide bonds. The number of rotatable bonds is 4. The molecule has 0 saturated carbocycles. The molecule has 9 rings (SSSR count). The normalized spacial score (nSPS) is 11.6. The Morgan fingerprint density at radius 1 is 0.422 bits per heavy atom. The predicted molar refractivity (Wildman–Crippen MR) is 186 cm³/mol. The van der Waals surface area contributed by atoms with Crippen LogP contribution in [0.3, 0.4) is 0 Å². The third-order valence-electron chi connectivity index (χ3n) is 8.67. The summed E-state index contributed by atoms with van der Waals surface area (Å²) in [5.41, 5.74) is 9.75. The van der Waals surface area contributed by atoms with Crippen LogP contribution in [0.25, 0.3) is 88.5 Å². The van der Waals surface area contributed by atoms with Crippen molar-refractivity contribution in [3.8, 4) is 44.9 Å². The van der Waals surface area contributed by atoms with Crippen molar-refractivity contribution in [1.82, 2.24) is 9.97 Å². The van der Waals surface area contributed by atoms with Gasteiger partial charge in [-0.25, -0.2) is 9.97 Å². The maximum Gasteiger partial charge on any atom is 0.180 e. The topological polar surface area (TPSA) is 38.9 Å². The number of benzene rings is 7. The van der Waals surface area contributed by atoms with Gasteiger partial charge < -0.3 is 4.42 Å². The number of fused-ring (bicyclic) bond motifs is 6. The minimum Gasteiger partial charge on any atom is -0.452 e. The molecule has 0 aliphatic rings. The van der Waals surface area contributed by atoms with Crippen LogP contribution in [0.2, 0.25) is 0 Å². The van der Waals surface area contributed by atoms with Gasteiger partial charge in [-0.2, -0.15) is 0 Å². The van der Waals surface area contributed by atoms with Crippen LogP contribution in [0, 0.1) is 0 Å². The van der Waals surface area contributed by atoms with E-state index in [-0.39, 0.29) is 0 Å². The Morgan fingerprint density at radius 2 is 1.00 bits per heavy atom. The van der Waals surface area contributed by atoms with E-state index in [1.807, 2.05) is 12.1 Å². The van der Waals surface area contributed by atoms with Gasteiger partial charge in [-0.15, -0.1) is 0 Å². The summed E-state index contributed by atoms with van der Waals surface area (Å²) in [7, 11) is 0. The SMILES string of the molecule is c1ccc(-c2cccc(-c3cccc(-c4nc(-c5cccc6ccccc56)c5oc6ccc7ccccc7c6c5n4)c3)c2)cc1. The second-order valence-corrected chi connectivity index (χ2v) is 11.4. The number of hydrogen-bond acceptors (Lipinski definition) is 3. The standard InChI is InChI=1S/C42H26N2O/c1-2-11-27(12-3-1)30-16-8-17-31(25-30)32-18-9-19-33(26-32)42-43-39(36-22-10-15-28-13-4-6-20-34(28)36)41-40(44-42)38-35-21-7-5-14-29(35)23-24-37(38)45-41/h1-26H. The van der Waals surface area contributed by atoms with Crippen LogP contribution in [-0.4, -0.2) is 9.97 Å². The molecule has 0 bridgehead atoms. The largest absolute Gasteiger partial charge is 0.452 e. The van der Waals surface area contributed by atoms with Crippen molar-refractivity contribution in [3.63, 3.8) is 0 Å². The van der Waals surface area contributed by atoms with Gasteiger partial charge in [0.15, 0.2) is 11.4 Å². The number of furan rings is 1. The van der Waals surface area contributed by atoms with Crippen LogP contribution >= 0.6 is 0 Å². The minimum atomic E-state index is 0.669. The Kier molecular flexibility index (Phi) is 5.82. The number of hydrogen-bond donors (Lipinski definition) is 0. The summed E-state index contributed by atoms with van der Waals surface area (Å²) in [6, 6.07) is 55.1. The second kappa shape index (κ2) is 10.3. The van der Waals surface area contributed by atoms with Gasteiger partial charge in [-0.1, -0.05) is 140 Å². The van der Waals surface area contributed by atoms with Crippen molar-refractivity contribution < 1.29 is 4.42 Å². The molecule has 2 heterocycles. The lowest BCUT2D eigenvalue weighted by Gasteiger charge is -2.11. The quantitative estimate of drug-likeness (QED) is 0.210. The third-order valence-corrected chi connectivity index (χ3v) is 8.67. The van der Waals surface area contributed by atoms with Crippen LogP contribution in [0.4, 0.5) is 0 Å². The molecule has 0 fully saturated rings. The highest BCUT2D eigenvalue weighted by atomic mass is 16.3. The van der Waals surface area contributed by atoms with Crippen LogP contribution in [0.15, 0.2) is 162 Å². The summed E-state index contributed by atoms with van der Waals surface area (Å²) in [6.45, 7) is 0. The maximum atomic E-state index is 6.61. The first-order valence-corrected chi connectivity index (χ1v) is 15.2. The molecule has 0 spiro atoms. The third kappa shape index (κ3) is 4.29. The lowest BCUT2D eigenvalue weighted by molar-refractivity contribution is 0.667. The highest BCUT2D eigenvalue weighted by Gasteiger charge is 2.21. The molecule has 0 aliphatic heterocycles. The average molecular weight is 575 g/mol. The van der Waals surface area contributed by atoms with Gasteiger partial charge in [-0.05, 0) is 62.0 Å². The summed E-state index contributed by atoms with van der Waals surface area (Å²) in [4.78, 5) is 10.5. The molecular formula is C42H26N2O. The predicted octanol–water partition coefficient (Wildman–Crippen LogP) is 11.4. The zero-order valence-electron chi connectivity index (χ0n) is 24.3. The van der Waals surface area contributed by atoms with E-state index in [1.54, 1.807) is 0 Å². The van der Waals surface area contributed by atoms with Crippen molar-refractivity contribution in [1.29, 1.82) is 0 Å². The Labute approximate surface area is 260 Å². The molecule has 210 valence electrons. The van der Waals surface area contributed by atoms with Crippen molar-refractivity contribution >= 4 is 43.6 Å². The molecule has 9 aromatic rings. The molecule has 0 saturated heterocycles. The fourth-order valence-corrected chi connectivity index (χ4v) is 6.50. The molecule has 0 unspecified atom stereocenters. The van der Waals surface area contributed by atoms with Gasteiger partial charge in [0.05, 0.1) is 5.39 Å². The van der Waals surface area contributed by atoms with E-state index in [9.17, 15) is 0 Å². The van der Waals surface area contributed by atoms with Gasteiger partial charge in [0, 0.05) is 11.1 Å². The van der Waals surface area contributed by atoms with E-state index in [0.717, 1.165) is 66.0 Å². The fourth-order valence-electron chi connectivity index (χ4n) is 6.50. The average Bonchev–Trinajstić information content (AvgIpc) is 3.51. The van der Waals surface area contributed by atoms with Crippen LogP contribution < -0.4 is 0 Å². The molecule has 0 N–H and O–H groups in total. The van der Waals surface area contributed by atoms with E-state index in [2.05, 4.69) is 146 Å². The molecule has 7 aromatic carbocycles. The van der Waals surface area contributed by atoms with Crippen molar-refractivity contribution in [3.05, 3.63) is 158 Å². The van der Waals surface area contributed by atoms with Gasteiger partial charge in [0.2, 0.25) is 0 Å². The van der Waals surface area contributed by atoms with Gasteiger partial charge in [-0.3, -0.25) is 0 Å². The summed E-state index contributed by atoms with van der Waals surface area (Å²) >= 11 is 0. The van der Waals surface area contributed by atoms with Crippen molar-refractivity contribution in [2.45, 2.75) is 0 Å². The smallest absolute Gasteiger partial charge is 0.180 e. The Bertz CT molecular complexity index is 2540. The Morgan fingerprint density at radius 3 is 1.80 bits per heavy atom. The van der Waals surface area contributed by atoms with Crippen LogP contribution in [0.1, 0.15) is 0 Å². The first-order chi connectivity index (χ1) is 22.3. The summed E-state index contributed by atoms with van der Waals surface area (Å²) < 4.78 is 6.61. The van der Waals surface area contributed by atoms with E-state index in [4.69, 9.17) is 14.4 Å².